The number of hydrogen-bond donors (Lipinski definition) is 3. The number of aromatic amines is 1. The van der Waals surface area contributed by atoms with Crippen LogP contribution in [0.2, 0.25) is 0 Å². The van der Waals surface area contributed by atoms with Crippen molar-refractivity contribution < 1.29 is 14.7 Å². The minimum absolute atomic E-state index is 0.196. The molecule has 6 nitrogen and oxygen atoms in total. The van der Waals surface area contributed by atoms with E-state index in [0.717, 1.165) is 19.3 Å². The van der Waals surface area contributed by atoms with Gasteiger partial charge in [-0.3, -0.25) is 4.79 Å². The molecule has 0 fully saturated rings. The standard InChI is InChI=1S/C15H25N3O3/c1-2-3-4-5-6-7-8-14(19)18-13(15(20)21)9-12-10-16-11-17-12/h10-11,13H,2-9H2,1H3,(H,16,17)(H,18,19)(H,20,21)/t13-/m0/s1. The minimum atomic E-state index is -1.03. The van der Waals surface area contributed by atoms with Crippen molar-refractivity contribution in [2.75, 3.05) is 0 Å². The van der Waals surface area contributed by atoms with E-state index in [2.05, 4.69) is 22.2 Å². The van der Waals surface area contributed by atoms with Crippen LogP contribution in [0.5, 0.6) is 0 Å². The predicted octanol–water partition coefficient (Wildman–Crippen LogP) is 2.27. The van der Waals surface area contributed by atoms with E-state index in [1.54, 1.807) is 6.20 Å². The van der Waals surface area contributed by atoms with Gasteiger partial charge in [0.2, 0.25) is 5.91 Å². The van der Waals surface area contributed by atoms with Gasteiger partial charge in [0, 0.05) is 19.0 Å². The molecule has 0 radical (unpaired) electrons. The SMILES string of the molecule is CCCCCCCCC(=O)N[C@@H](Cc1c[nH]cn1)C(=O)O. The second-order valence-corrected chi connectivity index (χ2v) is 5.24. The number of nitrogens with zero attached hydrogens (tertiary/aromatic N) is 1. The Bertz CT molecular complexity index is 418. The van der Waals surface area contributed by atoms with Crippen LogP contribution in [0.1, 0.15) is 57.6 Å². The van der Waals surface area contributed by atoms with Crippen molar-refractivity contribution in [2.45, 2.75) is 64.3 Å². The van der Waals surface area contributed by atoms with Crippen LogP contribution in [-0.4, -0.2) is 33.0 Å². The van der Waals surface area contributed by atoms with Gasteiger partial charge in [0.05, 0.1) is 12.0 Å². The third-order valence-electron chi connectivity index (χ3n) is 3.36. The van der Waals surface area contributed by atoms with Gasteiger partial charge in [0.1, 0.15) is 6.04 Å². The third kappa shape index (κ3) is 7.48. The van der Waals surface area contributed by atoms with Crippen LogP contribution in [0.25, 0.3) is 0 Å². The lowest BCUT2D eigenvalue weighted by Gasteiger charge is -2.13. The minimum Gasteiger partial charge on any atom is -0.480 e. The quantitative estimate of drug-likeness (QED) is 0.546. The smallest absolute Gasteiger partial charge is 0.326 e. The van der Waals surface area contributed by atoms with Crippen LogP contribution in [-0.2, 0) is 16.0 Å². The highest BCUT2D eigenvalue weighted by molar-refractivity contribution is 5.83. The van der Waals surface area contributed by atoms with E-state index < -0.39 is 12.0 Å². The molecule has 0 aliphatic rings. The first-order valence-corrected chi connectivity index (χ1v) is 7.63. The first-order valence-electron chi connectivity index (χ1n) is 7.63. The number of unbranched alkanes of at least 4 members (excludes halogenated alkanes) is 5. The van der Waals surface area contributed by atoms with Gasteiger partial charge in [-0.05, 0) is 6.42 Å². The topological polar surface area (TPSA) is 95.1 Å². The van der Waals surface area contributed by atoms with Gasteiger partial charge >= 0.3 is 5.97 Å². The zero-order chi connectivity index (χ0) is 15.5. The number of carbonyl (C=O) groups is 2. The van der Waals surface area contributed by atoms with Crippen LogP contribution in [0.15, 0.2) is 12.5 Å². The molecule has 1 rings (SSSR count). The molecule has 1 aromatic rings. The highest BCUT2D eigenvalue weighted by Gasteiger charge is 2.20. The van der Waals surface area contributed by atoms with E-state index in [-0.39, 0.29) is 12.3 Å². The molecular weight excluding hydrogens is 270 g/mol. The number of aliphatic carboxylic acids is 1. The van der Waals surface area contributed by atoms with E-state index in [1.165, 1.54) is 25.6 Å². The Morgan fingerprint density at radius 2 is 2.00 bits per heavy atom. The van der Waals surface area contributed by atoms with Gasteiger partial charge in [0.25, 0.3) is 0 Å². The van der Waals surface area contributed by atoms with Crippen molar-refractivity contribution in [1.29, 1.82) is 0 Å². The summed E-state index contributed by atoms with van der Waals surface area (Å²) >= 11 is 0. The molecule has 118 valence electrons. The Balaban J connectivity index is 2.24. The number of aromatic nitrogens is 2. The third-order valence-corrected chi connectivity index (χ3v) is 3.36. The Labute approximate surface area is 125 Å². The van der Waals surface area contributed by atoms with Crippen molar-refractivity contribution in [3.63, 3.8) is 0 Å². The Kier molecular flexibility index (Phi) is 8.16. The van der Waals surface area contributed by atoms with Crippen LogP contribution in [0, 0.1) is 0 Å². The summed E-state index contributed by atoms with van der Waals surface area (Å²) in [4.78, 5) is 29.7. The molecule has 1 atom stereocenters. The molecule has 3 N–H and O–H groups in total. The zero-order valence-corrected chi connectivity index (χ0v) is 12.6. The molecule has 0 saturated heterocycles. The zero-order valence-electron chi connectivity index (χ0n) is 12.6. The van der Waals surface area contributed by atoms with Gasteiger partial charge in [-0.25, -0.2) is 9.78 Å². The van der Waals surface area contributed by atoms with Crippen molar-refractivity contribution in [3.05, 3.63) is 18.2 Å². The highest BCUT2D eigenvalue weighted by Crippen LogP contribution is 2.07. The summed E-state index contributed by atoms with van der Waals surface area (Å²) in [5.74, 6) is -1.23. The van der Waals surface area contributed by atoms with Crippen molar-refractivity contribution in [2.24, 2.45) is 0 Å². The fourth-order valence-corrected chi connectivity index (χ4v) is 2.14. The fourth-order valence-electron chi connectivity index (χ4n) is 2.14. The Hall–Kier alpha value is -1.85. The Morgan fingerprint density at radius 3 is 2.62 bits per heavy atom. The molecule has 0 aliphatic carbocycles. The number of carboxylic acids is 1. The van der Waals surface area contributed by atoms with Gasteiger partial charge in [-0.2, -0.15) is 0 Å². The van der Waals surface area contributed by atoms with Crippen LogP contribution in [0.4, 0.5) is 0 Å². The summed E-state index contributed by atoms with van der Waals surface area (Å²) < 4.78 is 0. The normalized spacial score (nSPS) is 12.0. The largest absolute Gasteiger partial charge is 0.480 e. The number of rotatable bonds is 11. The molecule has 1 aromatic heterocycles. The van der Waals surface area contributed by atoms with E-state index in [0.29, 0.717) is 12.1 Å². The number of amides is 1. The van der Waals surface area contributed by atoms with E-state index in [1.807, 2.05) is 0 Å². The summed E-state index contributed by atoms with van der Waals surface area (Å²) in [5.41, 5.74) is 0.627. The van der Waals surface area contributed by atoms with Gasteiger partial charge in [0.15, 0.2) is 0 Å². The molecule has 0 bridgehead atoms. The summed E-state index contributed by atoms with van der Waals surface area (Å²) in [5, 5.41) is 11.7. The maximum atomic E-state index is 11.8. The van der Waals surface area contributed by atoms with Crippen molar-refractivity contribution in [3.8, 4) is 0 Å². The lowest BCUT2D eigenvalue weighted by Crippen LogP contribution is -2.42. The van der Waals surface area contributed by atoms with E-state index in [9.17, 15) is 9.59 Å². The van der Waals surface area contributed by atoms with Crippen LogP contribution in [0.3, 0.4) is 0 Å². The highest BCUT2D eigenvalue weighted by atomic mass is 16.4. The maximum absolute atomic E-state index is 11.8. The monoisotopic (exact) mass is 295 g/mol. The molecule has 0 saturated carbocycles. The summed E-state index contributed by atoms with van der Waals surface area (Å²) in [7, 11) is 0. The predicted molar refractivity (Wildman–Crippen MR) is 79.9 cm³/mol. The van der Waals surface area contributed by atoms with Crippen LogP contribution < -0.4 is 5.32 Å². The number of carbonyl (C=O) groups excluding carboxylic acids is 1. The number of imidazole rings is 1. The van der Waals surface area contributed by atoms with E-state index >= 15 is 0 Å². The average Bonchev–Trinajstić information content (AvgIpc) is 2.95. The lowest BCUT2D eigenvalue weighted by molar-refractivity contribution is -0.141. The second-order valence-electron chi connectivity index (χ2n) is 5.24. The van der Waals surface area contributed by atoms with Crippen molar-refractivity contribution >= 4 is 11.9 Å². The number of carboxylic acid groups (broad SMARTS) is 1. The molecule has 0 aromatic carbocycles. The number of nitrogens with one attached hydrogen (secondary N) is 2. The molecule has 21 heavy (non-hydrogen) atoms. The number of hydrogen-bond acceptors (Lipinski definition) is 3. The molecular formula is C15H25N3O3. The Morgan fingerprint density at radius 1 is 1.29 bits per heavy atom. The van der Waals surface area contributed by atoms with E-state index in [4.69, 9.17) is 5.11 Å². The first kappa shape index (κ1) is 17.2. The molecule has 1 amide bonds. The second kappa shape index (κ2) is 9.96. The number of H-pyrrole nitrogens is 1. The maximum Gasteiger partial charge on any atom is 0.326 e. The molecule has 0 spiro atoms. The molecule has 1 heterocycles. The summed E-state index contributed by atoms with van der Waals surface area (Å²) in [6, 6.07) is -0.916. The lowest BCUT2D eigenvalue weighted by atomic mass is 10.1. The van der Waals surface area contributed by atoms with Gasteiger partial charge < -0.3 is 15.4 Å². The van der Waals surface area contributed by atoms with Gasteiger partial charge in [-0.1, -0.05) is 39.0 Å². The van der Waals surface area contributed by atoms with Crippen LogP contribution >= 0.6 is 0 Å². The fraction of sp³-hybridized carbons (Fsp3) is 0.667. The summed E-state index contributed by atoms with van der Waals surface area (Å²) in [6.07, 6.45) is 10.3. The van der Waals surface area contributed by atoms with Crippen molar-refractivity contribution in [1.82, 2.24) is 15.3 Å². The molecule has 0 unspecified atom stereocenters. The molecule has 6 heteroatoms. The average molecular weight is 295 g/mol. The first-order chi connectivity index (χ1) is 10.1. The molecule has 0 aliphatic heterocycles. The van der Waals surface area contributed by atoms with Gasteiger partial charge in [-0.15, -0.1) is 0 Å². The summed E-state index contributed by atoms with van der Waals surface area (Å²) in [6.45, 7) is 2.17.